The first-order valence-electron chi connectivity index (χ1n) is 8.03. The average molecular weight is 388 g/mol. The molecule has 0 aromatic carbocycles. The molecule has 4 rings (SSSR count). The zero-order valence-electron chi connectivity index (χ0n) is 13.0. The predicted molar refractivity (Wildman–Crippen MR) is 95.2 cm³/mol. The van der Waals surface area contributed by atoms with Crippen LogP contribution in [0.1, 0.15) is 47.9 Å². The Kier molecular flexibility index (Phi) is 5.74. The molecule has 0 spiro atoms. The molecule has 0 atom stereocenters. The van der Waals surface area contributed by atoms with Gasteiger partial charge >= 0.3 is 0 Å². The van der Waals surface area contributed by atoms with Crippen LogP contribution in [0.4, 0.5) is 0 Å². The molecule has 2 aromatic rings. The van der Waals surface area contributed by atoms with Gasteiger partial charge in [0, 0.05) is 5.56 Å². The van der Waals surface area contributed by atoms with Crippen molar-refractivity contribution in [2.45, 2.75) is 51.4 Å². The molecule has 128 valence electrons. The fraction of sp³-hybridized carbons (Fsp3) is 0.500. The van der Waals surface area contributed by atoms with Crippen molar-refractivity contribution in [3.05, 3.63) is 48.1 Å². The Morgan fingerprint density at radius 3 is 1.54 bits per heavy atom. The molecule has 0 bridgehead atoms. The smallest absolute Gasteiger partial charge is 0.267 e. The van der Waals surface area contributed by atoms with E-state index in [0.717, 1.165) is 60.8 Å². The molecule has 24 heavy (non-hydrogen) atoms. The Morgan fingerprint density at radius 1 is 0.667 bits per heavy atom. The van der Waals surface area contributed by atoms with E-state index >= 15 is 0 Å². The van der Waals surface area contributed by atoms with Gasteiger partial charge < -0.3 is 0 Å². The molecule has 2 aromatic heterocycles. The van der Waals surface area contributed by atoms with Gasteiger partial charge in [-0.25, -0.2) is 5.10 Å². The second-order valence-corrected chi connectivity index (χ2v) is 7.03. The number of rotatable bonds is 0. The number of aromatic nitrogens is 4. The van der Waals surface area contributed by atoms with Gasteiger partial charge in [-0.3, -0.25) is 4.79 Å². The Hall–Kier alpha value is -1.17. The van der Waals surface area contributed by atoms with Gasteiger partial charge in [0.25, 0.3) is 5.56 Å². The van der Waals surface area contributed by atoms with Crippen LogP contribution in [0.15, 0.2) is 4.79 Å². The van der Waals surface area contributed by atoms with Gasteiger partial charge in [0.2, 0.25) is 0 Å². The van der Waals surface area contributed by atoms with Crippen LogP contribution in [-0.4, -0.2) is 20.4 Å². The van der Waals surface area contributed by atoms with Crippen LogP contribution >= 0.6 is 34.8 Å². The molecule has 8 heteroatoms. The summed E-state index contributed by atoms with van der Waals surface area (Å²) in [4.78, 5) is 11.2. The number of hydrogen-bond acceptors (Lipinski definition) is 4. The van der Waals surface area contributed by atoms with Crippen LogP contribution < -0.4 is 5.56 Å². The SMILES string of the molecule is Clc1nnc(Cl)c2c1CCCC2.O=c1[nH]nc(Cl)c2c1CCCC2. The molecule has 0 saturated carbocycles. The van der Waals surface area contributed by atoms with Crippen molar-refractivity contribution in [2.75, 3.05) is 0 Å². The van der Waals surface area contributed by atoms with Crippen LogP contribution in [0.3, 0.4) is 0 Å². The largest absolute Gasteiger partial charge is 0.268 e. The number of H-pyrrole nitrogens is 1. The maximum atomic E-state index is 11.2. The third kappa shape index (κ3) is 3.73. The van der Waals surface area contributed by atoms with Gasteiger partial charge in [-0.05, 0) is 68.1 Å². The maximum absolute atomic E-state index is 11.2. The highest BCUT2D eigenvalue weighted by Crippen LogP contribution is 2.29. The van der Waals surface area contributed by atoms with Crippen molar-refractivity contribution < 1.29 is 0 Å². The summed E-state index contributed by atoms with van der Waals surface area (Å²) >= 11 is 17.6. The molecule has 2 heterocycles. The molecular weight excluding hydrogens is 371 g/mol. The number of aromatic amines is 1. The first-order valence-corrected chi connectivity index (χ1v) is 9.16. The number of hydrogen-bond donors (Lipinski definition) is 1. The summed E-state index contributed by atoms with van der Waals surface area (Å²) in [6, 6.07) is 0. The van der Waals surface area contributed by atoms with E-state index in [2.05, 4.69) is 20.4 Å². The fourth-order valence-corrected chi connectivity index (χ4v) is 3.93. The van der Waals surface area contributed by atoms with E-state index in [-0.39, 0.29) is 5.56 Å². The molecular formula is C16H17Cl3N4O. The molecule has 2 aliphatic carbocycles. The monoisotopic (exact) mass is 386 g/mol. The zero-order chi connectivity index (χ0) is 17.1. The molecule has 0 saturated heterocycles. The minimum Gasteiger partial charge on any atom is -0.268 e. The van der Waals surface area contributed by atoms with Crippen LogP contribution in [0.5, 0.6) is 0 Å². The summed E-state index contributed by atoms with van der Waals surface area (Å²) in [5.41, 5.74) is 3.91. The summed E-state index contributed by atoms with van der Waals surface area (Å²) in [6.07, 6.45) is 8.25. The van der Waals surface area contributed by atoms with Gasteiger partial charge in [0.05, 0.1) is 0 Å². The summed E-state index contributed by atoms with van der Waals surface area (Å²) in [6.45, 7) is 0. The normalized spacial score (nSPS) is 15.8. The van der Waals surface area contributed by atoms with Crippen LogP contribution in [0, 0.1) is 0 Å². The van der Waals surface area contributed by atoms with Crippen molar-refractivity contribution in [2.24, 2.45) is 0 Å². The summed E-state index contributed by atoms with van der Waals surface area (Å²) in [5, 5.41) is 15.2. The minimum absolute atomic E-state index is 0.0749. The molecule has 0 aliphatic heterocycles. The number of nitrogens with one attached hydrogen (secondary N) is 1. The van der Waals surface area contributed by atoms with Crippen molar-refractivity contribution in [3.63, 3.8) is 0 Å². The zero-order valence-corrected chi connectivity index (χ0v) is 15.3. The Bertz CT molecular complexity index is 776. The van der Waals surface area contributed by atoms with Gasteiger partial charge in [-0.2, -0.15) is 5.10 Å². The van der Waals surface area contributed by atoms with E-state index in [1.165, 1.54) is 12.8 Å². The van der Waals surface area contributed by atoms with Crippen LogP contribution in [0.2, 0.25) is 15.5 Å². The van der Waals surface area contributed by atoms with E-state index in [9.17, 15) is 4.79 Å². The van der Waals surface area contributed by atoms with Crippen LogP contribution in [0.25, 0.3) is 0 Å². The Labute approximate surface area is 154 Å². The lowest BCUT2D eigenvalue weighted by Crippen LogP contribution is -2.20. The van der Waals surface area contributed by atoms with Crippen LogP contribution in [-0.2, 0) is 25.7 Å². The minimum atomic E-state index is -0.0749. The highest BCUT2D eigenvalue weighted by Gasteiger charge is 2.17. The first-order chi connectivity index (χ1) is 11.6. The first kappa shape index (κ1) is 17.6. The standard InChI is InChI=1S/C8H8Cl2N2.C8H9ClN2O/c9-7-5-3-1-2-4-6(5)8(10)12-11-7;9-7-5-3-1-2-4-6(5)8(12)11-10-7/h1-4H2;1-4H2,(H,11,12). The summed E-state index contributed by atoms with van der Waals surface area (Å²) < 4.78 is 0. The number of fused-ring (bicyclic) bond motifs is 2. The molecule has 2 aliphatic rings. The second-order valence-electron chi connectivity index (χ2n) is 5.95. The van der Waals surface area contributed by atoms with Gasteiger partial charge in [-0.15, -0.1) is 10.2 Å². The molecule has 0 unspecified atom stereocenters. The van der Waals surface area contributed by atoms with Crippen molar-refractivity contribution in [3.8, 4) is 0 Å². The lowest BCUT2D eigenvalue weighted by molar-refractivity contribution is 0.667. The Morgan fingerprint density at radius 2 is 1.08 bits per heavy atom. The molecule has 0 radical (unpaired) electrons. The van der Waals surface area contributed by atoms with Crippen molar-refractivity contribution in [1.29, 1.82) is 0 Å². The lowest BCUT2D eigenvalue weighted by Gasteiger charge is -2.15. The number of halogens is 3. The maximum Gasteiger partial charge on any atom is 0.267 e. The average Bonchev–Trinajstić information content (AvgIpc) is 2.63. The third-order valence-corrected chi connectivity index (χ3v) is 5.36. The summed E-state index contributed by atoms with van der Waals surface area (Å²) in [7, 11) is 0. The highest BCUT2D eigenvalue weighted by molar-refractivity contribution is 6.32. The predicted octanol–water partition coefficient (Wildman–Crippen LogP) is 3.96. The topological polar surface area (TPSA) is 71.5 Å². The quantitative estimate of drug-likeness (QED) is 0.742. The third-order valence-electron chi connectivity index (χ3n) is 4.44. The molecule has 0 fully saturated rings. The van der Waals surface area contributed by atoms with Gasteiger partial charge in [0.15, 0.2) is 15.5 Å². The van der Waals surface area contributed by atoms with E-state index in [0.29, 0.717) is 15.5 Å². The number of nitrogens with zero attached hydrogens (tertiary/aromatic N) is 3. The van der Waals surface area contributed by atoms with E-state index in [4.69, 9.17) is 34.8 Å². The highest BCUT2D eigenvalue weighted by atomic mass is 35.5. The van der Waals surface area contributed by atoms with Crippen molar-refractivity contribution in [1.82, 2.24) is 20.4 Å². The molecule has 1 N–H and O–H groups in total. The molecule has 0 amide bonds. The van der Waals surface area contributed by atoms with E-state index in [1.54, 1.807) is 0 Å². The van der Waals surface area contributed by atoms with Gasteiger partial charge in [-0.1, -0.05) is 34.8 Å². The van der Waals surface area contributed by atoms with Crippen molar-refractivity contribution >= 4 is 34.8 Å². The Balaban J connectivity index is 0.000000141. The van der Waals surface area contributed by atoms with E-state index in [1.807, 2.05) is 0 Å². The second kappa shape index (κ2) is 7.81. The molecule has 5 nitrogen and oxygen atoms in total. The summed E-state index contributed by atoms with van der Waals surface area (Å²) in [5.74, 6) is 0. The van der Waals surface area contributed by atoms with Gasteiger partial charge in [0.1, 0.15) is 0 Å². The fourth-order valence-electron chi connectivity index (χ4n) is 3.19. The van der Waals surface area contributed by atoms with E-state index < -0.39 is 0 Å². The lowest BCUT2D eigenvalue weighted by atomic mass is 9.94.